The van der Waals surface area contributed by atoms with Gasteiger partial charge in [0.25, 0.3) is 0 Å². The van der Waals surface area contributed by atoms with Gasteiger partial charge in [0.1, 0.15) is 19.0 Å². The lowest BCUT2D eigenvalue weighted by atomic mass is 9.89. The van der Waals surface area contributed by atoms with Gasteiger partial charge >= 0.3 is 0 Å². The minimum absolute atomic E-state index is 0. The number of hydrogen-bond acceptors (Lipinski definition) is 5. The third-order valence-electron chi connectivity index (χ3n) is 6.56. The number of fused-ring (bicyclic) bond motifs is 1. The molecule has 176 valence electrons. The van der Waals surface area contributed by atoms with Crippen LogP contribution in [0.25, 0.3) is 0 Å². The zero-order valence-corrected chi connectivity index (χ0v) is 18.8. The number of ketones is 1. The Kier molecular flexibility index (Phi) is 10.8. The van der Waals surface area contributed by atoms with Gasteiger partial charge in [0, 0.05) is 31.3 Å². The monoisotopic (exact) mass is 433 g/mol. The molecular weight excluding hydrogens is 390 g/mol. The van der Waals surface area contributed by atoms with Crippen LogP contribution >= 0.6 is 0 Å². The molecule has 5 heteroatoms. The van der Waals surface area contributed by atoms with Gasteiger partial charge in [0.15, 0.2) is 11.5 Å². The van der Waals surface area contributed by atoms with Gasteiger partial charge in [-0.05, 0) is 50.4 Å². The Bertz CT molecular complexity index is 677. The van der Waals surface area contributed by atoms with Crippen molar-refractivity contribution >= 4 is 5.78 Å². The number of carbonyl (C=O) groups is 1. The zero-order chi connectivity index (χ0) is 21.3. The highest BCUT2D eigenvalue weighted by molar-refractivity contribution is 5.78. The summed E-state index contributed by atoms with van der Waals surface area (Å²) in [4.78, 5) is 15.2. The molecule has 2 heterocycles. The molecule has 0 unspecified atom stereocenters. The van der Waals surface area contributed by atoms with E-state index in [1.54, 1.807) is 0 Å². The van der Waals surface area contributed by atoms with Crippen molar-refractivity contribution in [1.82, 2.24) is 4.90 Å². The van der Waals surface area contributed by atoms with E-state index in [1.165, 1.54) is 32.1 Å². The average Bonchev–Trinajstić information content (AvgIpc) is 3.16. The van der Waals surface area contributed by atoms with Gasteiger partial charge in [-0.3, -0.25) is 4.79 Å². The lowest BCUT2D eigenvalue weighted by Gasteiger charge is -2.30. The number of nitrogens with zero attached hydrogens (tertiary/aromatic N) is 1. The highest BCUT2D eigenvalue weighted by Gasteiger charge is 2.30. The van der Waals surface area contributed by atoms with E-state index in [9.17, 15) is 9.90 Å². The van der Waals surface area contributed by atoms with E-state index < -0.39 is 6.10 Å². The molecule has 0 aliphatic carbocycles. The van der Waals surface area contributed by atoms with Gasteiger partial charge in [-0.2, -0.15) is 0 Å². The zero-order valence-electron chi connectivity index (χ0n) is 18.8. The quantitative estimate of drug-likeness (QED) is 0.438. The lowest BCUT2D eigenvalue weighted by molar-refractivity contribution is -0.121. The van der Waals surface area contributed by atoms with Gasteiger partial charge in [-0.1, -0.05) is 46.1 Å². The number of ether oxygens (including phenoxy) is 2. The highest BCUT2D eigenvalue weighted by atomic mass is 16.6. The fourth-order valence-electron chi connectivity index (χ4n) is 4.68. The minimum Gasteiger partial charge on any atom is -0.486 e. The Morgan fingerprint density at radius 1 is 1.16 bits per heavy atom. The third-order valence-corrected chi connectivity index (χ3v) is 6.56. The maximum absolute atomic E-state index is 12.7. The molecule has 1 fully saturated rings. The first-order valence-corrected chi connectivity index (χ1v) is 11.9. The van der Waals surface area contributed by atoms with E-state index in [1.807, 2.05) is 18.2 Å². The maximum Gasteiger partial charge on any atom is 0.161 e. The second-order valence-corrected chi connectivity index (χ2v) is 9.00. The SMILES string of the molecule is C.CCCCCCCC(=O)C[C@H](CN1CCC[C@@H]1C)[C@H](O)c1ccc2c(c1)OCCO2. The molecule has 2 aliphatic rings. The molecule has 1 aromatic rings. The summed E-state index contributed by atoms with van der Waals surface area (Å²) >= 11 is 0. The normalized spacial score (nSPS) is 20.2. The minimum atomic E-state index is -0.683. The number of Topliss-reactive ketones (excluding diaryl/α,β-unsaturated/α-hetero) is 1. The summed E-state index contributed by atoms with van der Waals surface area (Å²) in [6.45, 7) is 7.34. The van der Waals surface area contributed by atoms with Crippen molar-refractivity contribution in [2.75, 3.05) is 26.3 Å². The topological polar surface area (TPSA) is 59.0 Å². The number of rotatable bonds is 12. The molecule has 0 saturated carbocycles. The van der Waals surface area contributed by atoms with Crippen molar-refractivity contribution in [1.29, 1.82) is 0 Å². The van der Waals surface area contributed by atoms with Crippen LogP contribution in [0.3, 0.4) is 0 Å². The number of hydrogen-bond donors (Lipinski definition) is 1. The Balaban J connectivity index is 0.00000341. The van der Waals surface area contributed by atoms with Crippen LogP contribution in [0, 0.1) is 5.92 Å². The average molecular weight is 434 g/mol. The molecule has 0 spiro atoms. The summed E-state index contributed by atoms with van der Waals surface area (Å²) in [5.41, 5.74) is 0.812. The molecule has 2 aliphatic heterocycles. The first kappa shape index (κ1) is 25.7. The summed E-state index contributed by atoms with van der Waals surface area (Å²) in [7, 11) is 0. The molecule has 31 heavy (non-hydrogen) atoms. The molecule has 0 radical (unpaired) electrons. The van der Waals surface area contributed by atoms with Gasteiger partial charge in [-0.25, -0.2) is 0 Å². The van der Waals surface area contributed by atoms with Crippen molar-refractivity contribution in [2.24, 2.45) is 5.92 Å². The van der Waals surface area contributed by atoms with Gasteiger partial charge < -0.3 is 19.5 Å². The van der Waals surface area contributed by atoms with E-state index in [-0.39, 0.29) is 19.1 Å². The third kappa shape index (κ3) is 7.50. The fourth-order valence-corrected chi connectivity index (χ4v) is 4.68. The first-order valence-electron chi connectivity index (χ1n) is 11.9. The summed E-state index contributed by atoms with van der Waals surface area (Å²) in [5.74, 6) is 1.59. The van der Waals surface area contributed by atoms with Crippen molar-refractivity contribution in [2.45, 2.75) is 91.2 Å². The number of carbonyl (C=O) groups excluding carboxylic acids is 1. The predicted octanol–water partition coefficient (Wildman–Crippen LogP) is 5.55. The summed E-state index contributed by atoms with van der Waals surface area (Å²) in [5, 5.41) is 11.2. The van der Waals surface area contributed by atoms with E-state index in [0.717, 1.165) is 37.2 Å². The van der Waals surface area contributed by atoms with Crippen LogP contribution in [-0.4, -0.2) is 48.1 Å². The van der Waals surface area contributed by atoms with Crippen LogP contribution in [0.2, 0.25) is 0 Å². The Hall–Kier alpha value is -1.59. The molecule has 0 bridgehead atoms. The van der Waals surface area contributed by atoms with E-state index >= 15 is 0 Å². The van der Waals surface area contributed by atoms with Gasteiger partial charge in [0.2, 0.25) is 0 Å². The molecule has 1 N–H and O–H groups in total. The Labute approximate surface area is 189 Å². The molecule has 1 saturated heterocycles. The maximum atomic E-state index is 12.7. The van der Waals surface area contributed by atoms with Crippen LogP contribution in [0.15, 0.2) is 18.2 Å². The Morgan fingerprint density at radius 3 is 2.61 bits per heavy atom. The number of aliphatic hydroxyl groups is 1. The van der Waals surface area contributed by atoms with Gasteiger partial charge in [-0.15, -0.1) is 0 Å². The Morgan fingerprint density at radius 2 is 1.90 bits per heavy atom. The van der Waals surface area contributed by atoms with Crippen molar-refractivity contribution in [3.05, 3.63) is 23.8 Å². The number of aliphatic hydroxyl groups excluding tert-OH is 1. The van der Waals surface area contributed by atoms with E-state index in [0.29, 0.717) is 37.8 Å². The molecular formula is C26H43NO4. The standard InChI is InChI=1S/C25H39NO4.CH4/c1-3-4-5-6-7-10-22(27)16-21(18-26-13-8-9-19(26)2)25(28)20-11-12-23-24(17-20)30-15-14-29-23;/h11-12,17,19,21,25,28H,3-10,13-16,18H2,1-2H3;1H4/t19-,21+,25+;/m0./s1. The van der Waals surface area contributed by atoms with Crippen LogP contribution in [-0.2, 0) is 4.79 Å². The van der Waals surface area contributed by atoms with Crippen LogP contribution in [0.4, 0.5) is 0 Å². The number of benzene rings is 1. The van der Waals surface area contributed by atoms with Crippen molar-refractivity contribution in [3.63, 3.8) is 0 Å². The summed E-state index contributed by atoms with van der Waals surface area (Å²) in [6, 6.07) is 6.19. The first-order chi connectivity index (χ1) is 14.6. The second-order valence-electron chi connectivity index (χ2n) is 9.00. The second kappa shape index (κ2) is 13.1. The fraction of sp³-hybridized carbons (Fsp3) is 0.731. The predicted molar refractivity (Wildman–Crippen MR) is 126 cm³/mol. The van der Waals surface area contributed by atoms with Gasteiger partial charge in [0.05, 0.1) is 6.10 Å². The van der Waals surface area contributed by atoms with E-state index in [4.69, 9.17) is 9.47 Å². The number of likely N-dealkylation sites (tertiary alicyclic amines) is 1. The molecule has 0 amide bonds. The molecule has 3 atom stereocenters. The summed E-state index contributed by atoms with van der Waals surface area (Å²) < 4.78 is 11.3. The smallest absolute Gasteiger partial charge is 0.161 e. The molecule has 5 nitrogen and oxygen atoms in total. The molecule has 0 aromatic heterocycles. The summed E-state index contributed by atoms with van der Waals surface area (Å²) in [6.07, 6.45) is 8.52. The number of unbranched alkanes of at least 4 members (excludes halogenated alkanes) is 4. The molecule has 1 aromatic carbocycles. The van der Waals surface area contributed by atoms with E-state index in [2.05, 4.69) is 18.7 Å². The van der Waals surface area contributed by atoms with Crippen LogP contribution in [0.1, 0.15) is 90.7 Å². The van der Waals surface area contributed by atoms with Crippen LogP contribution in [0.5, 0.6) is 11.5 Å². The molecule has 3 rings (SSSR count). The lowest BCUT2D eigenvalue weighted by Crippen LogP contribution is -2.35. The van der Waals surface area contributed by atoms with Crippen LogP contribution < -0.4 is 9.47 Å². The largest absolute Gasteiger partial charge is 0.486 e. The van der Waals surface area contributed by atoms with Crippen molar-refractivity contribution in [3.8, 4) is 11.5 Å². The van der Waals surface area contributed by atoms with Crippen molar-refractivity contribution < 1.29 is 19.4 Å². The highest BCUT2D eigenvalue weighted by Crippen LogP contribution is 2.36.